The number of hydrogen-bond donors (Lipinski definition) is 0. The van der Waals surface area contributed by atoms with Crippen molar-refractivity contribution in [3.63, 3.8) is 0 Å². The van der Waals surface area contributed by atoms with Crippen LogP contribution in [0.1, 0.15) is 17.4 Å². The summed E-state index contributed by atoms with van der Waals surface area (Å²) < 4.78 is 36.7. The zero-order valence-electron chi connectivity index (χ0n) is 10.4. The second-order valence-corrected chi connectivity index (χ2v) is 3.71. The van der Waals surface area contributed by atoms with E-state index in [1.807, 2.05) is 0 Å². The van der Waals surface area contributed by atoms with Gasteiger partial charge < -0.3 is 9.47 Å². The van der Waals surface area contributed by atoms with Crippen LogP contribution in [0.4, 0.5) is 8.78 Å². The Morgan fingerprint density at radius 2 is 2.05 bits per heavy atom. The molecular weight excluding hydrogens is 256 g/mol. The second kappa shape index (κ2) is 5.17. The molecule has 0 saturated heterocycles. The number of carbonyl (C=O) groups is 1. The summed E-state index contributed by atoms with van der Waals surface area (Å²) in [6, 6.07) is 3.11. The molecule has 0 fully saturated rings. The quantitative estimate of drug-likeness (QED) is 0.802. The number of nitrogens with zero attached hydrogens (tertiary/aromatic N) is 1. The summed E-state index contributed by atoms with van der Waals surface area (Å²) in [6.45, 7) is 2.01. The molecule has 0 aliphatic rings. The smallest absolute Gasteiger partial charge is 0.356 e. The molecular formula is C13H11F2NO3. The summed E-state index contributed by atoms with van der Waals surface area (Å²) in [4.78, 5) is 15.3. The lowest BCUT2D eigenvalue weighted by Crippen LogP contribution is -2.06. The Hall–Kier alpha value is -2.24. The lowest BCUT2D eigenvalue weighted by Gasteiger charge is -2.09. The number of hydrogen-bond acceptors (Lipinski definition) is 4. The fourth-order valence-corrected chi connectivity index (χ4v) is 1.71. The number of ether oxygens (including phenoxy) is 2. The molecule has 1 aromatic heterocycles. The molecule has 0 N–H and O–H groups in total. The van der Waals surface area contributed by atoms with E-state index in [0.29, 0.717) is 6.07 Å². The van der Waals surface area contributed by atoms with Gasteiger partial charge in [-0.1, -0.05) is 0 Å². The molecule has 0 aliphatic heterocycles. The third-order valence-electron chi connectivity index (χ3n) is 2.49. The number of rotatable bonds is 3. The highest BCUT2D eigenvalue weighted by Gasteiger charge is 2.16. The molecule has 0 amide bonds. The van der Waals surface area contributed by atoms with Gasteiger partial charge in [0.25, 0.3) is 0 Å². The van der Waals surface area contributed by atoms with Crippen molar-refractivity contribution >= 4 is 16.9 Å². The summed E-state index contributed by atoms with van der Waals surface area (Å²) in [6.07, 6.45) is 0. The van der Waals surface area contributed by atoms with E-state index in [1.165, 1.54) is 13.2 Å². The van der Waals surface area contributed by atoms with Crippen molar-refractivity contribution in [2.45, 2.75) is 6.92 Å². The van der Waals surface area contributed by atoms with Crippen molar-refractivity contribution in [1.29, 1.82) is 0 Å². The molecule has 0 unspecified atom stereocenters. The third kappa shape index (κ3) is 2.47. The third-order valence-corrected chi connectivity index (χ3v) is 2.49. The van der Waals surface area contributed by atoms with Gasteiger partial charge >= 0.3 is 5.97 Å². The van der Waals surface area contributed by atoms with Crippen LogP contribution in [0.5, 0.6) is 5.75 Å². The predicted octanol–water partition coefficient (Wildman–Crippen LogP) is 2.70. The van der Waals surface area contributed by atoms with E-state index in [-0.39, 0.29) is 29.0 Å². The zero-order valence-corrected chi connectivity index (χ0v) is 10.4. The molecule has 0 radical (unpaired) electrons. The van der Waals surface area contributed by atoms with Crippen LogP contribution >= 0.6 is 0 Å². The summed E-state index contributed by atoms with van der Waals surface area (Å²) in [5.41, 5.74) is -0.225. The lowest BCUT2D eigenvalue weighted by atomic mass is 10.1. The summed E-state index contributed by atoms with van der Waals surface area (Å²) in [7, 11) is 1.19. The van der Waals surface area contributed by atoms with Crippen LogP contribution in [0.3, 0.4) is 0 Å². The lowest BCUT2D eigenvalue weighted by molar-refractivity contribution is 0.0594. The summed E-state index contributed by atoms with van der Waals surface area (Å²) >= 11 is 0. The van der Waals surface area contributed by atoms with Crippen LogP contribution in [-0.4, -0.2) is 24.7 Å². The average Bonchev–Trinajstić information content (AvgIpc) is 2.38. The van der Waals surface area contributed by atoms with Crippen molar-refractivity contribution < 1.29 is 23.0 Å². The van der Waals surface area contributed by atoms with E-state index >= 15 is 0 Å². The Balaban J connectivity index is 2.75. The SMILES string of the molecule is CCOc1cc(C(=O)OC)nc2c(F)cc(F)cc12. The highest BCUT2D eigenvalue weighted by atomic mass is 19.1. The van der Waals surface area contributed by atoms with E-state index in [4.69, 9.17) is 4.74 Å². The van der Waals surface area contributed by atoms with Gasteiger partial charge in [-0.15, -0.1) is 0 Å². The molecule has 2 aromatic rings. The summed E-state index contributed by atoms with van der Waals surface area (Å²) in [5, 5.41) is 0.173. The molecule has 0 bridgehead atoms. The van der Waals surface area contributed by atoms with Crippen LogP contribution in [-0.2, 0) is 4.74 Å². The number of benzene rings is 1. The van der Waals surface area contributed by atoms with Crippen LogP contribution in [0.2, 0.25) is 0 Å². The number of halogens is 2. The molecule has 0 spiro atoms. The summed E-state index contributed by atoms with van der Waals surface area (Å²) in [5.74, 6) is -2.13. The van der Waals surface area contributed by atoms with E-state index in [1.54, 1.807) is 6.92 Å². The Bertz CT molecular complexity index is 643. The first-order valence-electron chi connectivity index (χ1n) is 5.57. The average molecular weight is 267 g/mol. The Morgan fingerprint density at radius 1 is 1.32 bits per heavy atom. The second-order valence-electron chi connectivity index (χ2n) is 3.71. The highest BCUT2D eigenvalue weighted by Crippen LogP contribution is 2.28. The fraction of sp³-hybridized carbons (Fsp3) is 0.231. The van der Waals surface area contributed by atoms with Gasteiger partial charge in [-0.3, -0.25) is 0 Å². The number of esters is 1. The van der Waals surface area contributed by atoms with Crippen molar-refractivity contribution in [3.05, 3.63) is 35.5 Å². The Morgan fingerprint density at radius 3 is 2.68 bits per heavy atom. The normalized spacial score (nSPS) is 10.5. The predicted molar refractivity (Wildman–Crippen MR) is 64.2 cm³/mol. The minimum absolute atomic E-state index is 0.0936. The van der Waals surface area contributed by atoms with Gasteiger partial charge in [0.05, 0.1) is 13.7 Å². The van der Waals surface area contributed by atoms with Gasteiger partial charge in [-0.05, 0) is 13.0 Å². The number of methoxy groups -OCH3 is 1. The molecule has 1 aromatic carbocycles. The van der Waals surface area contributed by atoms with Crippen LogP contribution < -0.4 is 4.74 Å². The molecule has 0 atom stereocenters. The maximum atomic E-state index is 13.7. The van der Waals surface area contributed by atoms with Gasteiger partial charge in [0.15, 0.2) is 11.5 Å². The first kappa shape index (κ1) is 13.2. The van der Waals surface area contributed by atoms with E-state index < -0.39 is 17.6 Å². The van der Waals surface area contributed by atoms with Gasteiger partial charge in [0, 0.05) is 17.5 Å². The molecule has 100 valence electrons. The van der Waals surface area contributed by atoms with Gasteiger partial charge in [-0.2, -0.15) is 0 Å². The van der Waals surface area contributed by atoms with Crippen molar-refractivity contribution in [1.82, 2.24) is 4.98 Å². The largest absolute Gasteiger partial charge is 0.493 e. The maximum Gasteiger partial charge on any atom is 0.356 e. The molecule has 1 heterocycles. The fourth-order valence-electron chi connectivity index (χ4n) is 1.71. The van der Waals surface area contributed by atoms with Gasteiger partial charge in [0.1, 0.15) is 17.1 Å². The number of carbonyl (C=O) groups excluding carboxylic acids is 1. The number of fused-ring (bicyclic) bond motifs is 1. The van der Waals surface area contributed by atoms with Crippen molar-refractivity contribution in [3.8, 4) is 5.75 Å². The van der Waals surface area contributed by atoms with Gasteiger partial charge in [0.2, 0.25) is 0 Å². The standard InChI is InChI=1S/C13H11F2NO3/c1-3-19-11-6-10(13(17)18-2)16-12-8(11)4-7(14)5-9(12)15/h4-6H,3H2,1-2H3. The molecule has 4 nitrogen and oxygen atoms in total. The maximum absolute atomic E-state index is 13.7. The van der Waals surface area contributed by atoms with Gasteiger partial charge in [-0.25, -0.2) is 18.6 Å². The van der Waals surface area contributed by atoms with Crippen LogP contribution in [0, 0.1) is 11.6 Å². The Labute approximate surface area is 108 Å². The van der Waals surface area contributed by atoms with E-state index in [9.17, 15) is 13.6 Å². The first-order chi connectivity index (χ1) is 9.06. The van der Waals surface area contributed by atoms with E-state index in [0.717, 1.165) is 6.07 Å². The molecule has 6 heteroatoms. The minimum Gasteiger partial charge on any atom is -0.493 e. The van der Waals surface area contributed by atoms with Crippen molar-refractivity contribution in [2.24, 2.45) is 0 Å². The van der Waals surface area contributed by atoms with Crippen LogP contribution in [0.15, 0.2) is 18.2 Å². The Kier molecular flexibility index (Phi) is 3.59. The monoisotopic (exact) mass is 267 g/mol. The van der Waals surface area contributed by atoms with E-state index in [2.05, 4.69) is 9.72 Å². The highest BCUT2D eigenvalue weighted by molar-refractivity contribution is 5.94. The molecule has 0 saturated carbocycles. The topological polar surface area (TPSA) is 48.4 Å². The molecule has 2 rings (SSSR count). The first-order valence-corrected chi connectivity index (χ1v) is 5.57. The number of pyridine rings is 1. The van der Waals surface area contributed by atoms with Crippen molar-refractivity contribution in [2.75, 3.05) is 13.7 Å². The van der Waals surface area contributed by atoms with Crippen LogP contribution in [0.25, 0.3) is 10.9 Å². The minimum atomic E-state index is -0.860. The zero-order chi connectivity index (χ0) is 14.0. The number of aromatic nitrogens is 1. The molecule has 0 aliphatic carbocycles. The molecule has 19 heavy (non-hydrogen) atoms.